The van der Waals surface area contributed by atoms with E-state index in [9.17, 15) is 0 Å². The smallest absolute Gasteiger partial charge is 0.133 e. The number of pyridine rings is 1. The van der Waals surface area contributed by atoms with Gasteiger partial charge in [0.1, 0.15) is 5.82 Å². The number of anilines is 1. The maximum Gasteiger partial charge on any atom is 0.133 e. The summed E-state index contributed by atoms with van der Waals surface area (Å²) < 4.78 is 0. The third-order valence-corrected chi connectivity index (χ3v) is 3.93. The number of nitrogens with zero attached hydrogens (tertiary/aromatic N) is 2. The van der Waals surface area contributed by atoms with E-state index in [2.05, 4.69) is 50.9 Å². The van der Waals surface area contributed by atoms with Crippen LogP contribution in [-0.4, -0.2) is 24.6 Å². The summed E-state index contributed by atoms with van der Waals surface area (Å²) in [4.78, 5) is 7.21. The largest absolute Gasteiger partial charge is 0.353 e. The predicted octanol–water partition coefficient (Wildman–Crippen LogP) is 4.01. The molecular formula is C17H31N3. The van der Waals surface area contributed by atoms with Crippen LogP contribution in [0.25, 0.3) is 0 Å². The molecule has 0 fully saturated rings. The van der Waals surface area contributed by atoms with Crippen LogP contribution in [0.4, 0.5) is 5.82 Å². The van der Waals surface area contributed by atoms with Crippen molar-refractivity contribution < 1.29 is 0 Å². The van der Waals surface area contributed by atoms with Crippen molar-refractivity contribution in [2.24, 2.45) is 5.92 Å². The van der Waals surface area contributed by atoms with Crippen molar-refractivity contribution in [1.82, 2.24) is 10.3 Å². The molecule has 1 aromatic rings. The molecule has 0 saturated carbocycles. The minimum absolute atomic E-state index is 0.322. The molecule has 0 saturated heterocycles. The summed E-state index contributed by atoms with van der Waals surface area (Å²) >= 11 is 0. The van der Waals surface area contributed by atoms with E-state index in [0.717, 1.165) is 25.2 Å². The molecule has 3 heteroatoms. The molecule has 0 aliphatic heterocycles. The SMILES string of the molecule is CCC(CC)N(CC(C)C)c1ncccc1C(C)NC. The summed E-state index contributed by atoms with van der Waals surface area (Å²) in [7, 11) is 2.01. The standard InChI is InChI=1S/C17H31N3/c1-7-15(8-2)20(12-13(3)4)17-16(14(5)18-6)10-9-11-19-17/h9-11,13-15,18H,7-8,12H2,1-6H3. The normalized spacial score (nSPS) is 13.0. The Balaban J connectivity index is 3.18. The highest BCUT2D eigenvalue weighted by Gasteiger charge is 2.22. The highest BCUT2D eigenvalue weighted by molar-refractivity contribution is 5.49. The van der Waals surface area contributed by atoms with E-state index in [4.69, 9.17) is 4.98 Å². The van der Waals surface area contributed by atoms with Crippen LogP contribution in [-0.2, 0) is 0 Å². The molecule has 0 amide bonds. The number of hydrogen-bond donors (Lipinski definition) is 1. The highest BCUT2D eigenvalue weighted by atomic mass is 15.2. The van der Waals surface area contributed by atoms with Gasteiger partial charge in [-0.2, -0.15) is 0 Å². The molecule has 1 atom stereocenters. The van der Waals surface area contributed by atoms with Gasteiger partial charge in [-0.15, -0.1) is 0 Å². The van der Waals surface area contributed by atoms with Crippen LogP contribution in [0.5, 0.6) is 0 Å². The topological polar surface area (TPSA) is 28.2 Å². The molecule has 0 aliphatic carbocycles. The van der Waals surface area contributed by atoms with Crippen LogP contribution in [0.1, 0.15) is 59.1 Å². The zero-order valence-electron chi connectivity index (χ0n) is 14.0. The molecule has 20 heavy (non-hydrogen) atoms. The van der Waals surface area contributed by atoms with Crippen molar-refractivity contribution in [2.75, 3.05) is 18.5 Å². The first kappa shape index (κ1) is 17.0. The molecular weight excluding hydrogens is 246 g/mol. The van der Waals surface area contributed by atoms with Gasteiger partial charge < -0.3 is 10.2 Å². The Hall–Kier alpha value is -1.09. The van der Waals surface area contributed by atoms with Gasteiger partial charge in [0.2, 0.25) is 0 Å². The Labute approximate surface area is 124 Å². The molecule has 114 valence electrons. The zero-order valence-corrected chi connectivity index (χ0v) is 14.0. The van der Waals surface area contributed by atoms with Gasteiger partial charge in [-0.3, -0.25) is 0 Å². The molecule has 0 aliphatic rings. The summed E-state index contributed by atoms with van der Waals surface area (Å²) in [6.07, 6.45) is 4.23. The number of rotatable bonds is 8. The Bertz CT molecular complexity index is 386. The minimum atomic E-state index is 0.322. The average molecular weight is 277 g/mol. The molecule has 1 heterocycles. The Morgan fingerprint density at radius 3 is 2.35 bits per heavy atom. The van der Waals surface area contributed by atoms with Crippen LogP contribution in [0.2, 0.25) is 0 Å². The summed E-state index contributed by atoms with van der Waals surface area (Å²) in [5.74, 6) is 1.78. The van der Waals surface area contributed by atoms with Gasteiger partial charge in [0.25, 0.3) is 0 Å². The molecule has 1 aromatic heterocycles. The highest BCUT2D eigenvalue weighted by Crippen LogP contribution is 2.27. The van der Waals surface area contributed by atoms with Crippen LogP contribution in [0, 0.1) is 5.92 Å². The third-order valence-electron chi connectivity index (χ3n) is 3.93. The van der Waals surface area contributed by atoms with E-state index in [1.165, 1.54) is 5.56 Å². The van der Waals surface area contributed by atoms with Crippen molar-refractivity contribution in [3.05, 3.63) is 23.9 Å². The van der Waals surface area contributed by atoms with E-state index in [1.54, 1.807) is 0 Å². The van der Waals surface area contributed by atoms with E-state index in [0.29, 0.717) is 18.0 Å². The van der Waals surface area contributed by atoms with Gasteiger partial charge in [0, 0.05) is 30.4 Å². The number of aromatic nitrogens is 1. The van der Waals surface area contributed by atoms with E-state index in [1.807, 2.05) is 19.3 Å². The van der Waals surface area contributed by atoms with Gasteiger partial charge in [0.15, 0.2) is 0 Å². The second-order valence-electron chi connectivity index (χ2n) is 5.94. The van der Waals surface area contributed by atoms with E-state index < -0.39 is 0 Å². The number of nitrogens with one attached hydrogen (secondary N) is 1. The summed E-state index contributed by atoms with van der Waals surface area (Å²) in [5, 5.41) is 3.34. The average Bonchev–Trinajstić information content (AvgIpc) is 2.46. The van der Waals surface area contributed by atoms with Crippen molar-refractivity contribution in [3.8, 4) is 0 Å². The zero-order chi connectivity index (χ0) is 15.1. The lowest BCUT2D eigenvalue weighted by molar-refractivity contribution is 0.498. The second kappa shape index (κ2) is 8.25. The Morgan fingerprint density at radius 2 is 1.85 bits per heavy atom. The van der Waals surface area contributed by atoms with Crippen LogP contribution < -0.4 is 10.2 Å². The lowest BCUT2D eigenvalue weighted by Crippen LogP contribution is -2.39. The Kier molecular flexibility index (Phi) is 7.00. The Morgan fingerprint density at radius 1 is 1.20 bits per heavy atom. The van der Waals surface area contributed by atoms with Crippen molar-refractivity contribution in [3.63, 3.8) is 0 Å². The van der Waals surface area contributed by atoms with Gasteiger partial charge in [-0.25, -0.2) is 4.98 Å². The van der Waals surface area contributed by atoms with E-state index >= 15 is 0 Å². The maximum atomic E-state index is 4.70. The molecule has 0 spiro atoms. The minimum Gasteiger partial charge on any atom is -0.353 e. The summed E-state index contributed by atoms with van der Waals surface area (Å²) in [6.45, 7) is 12.4. The molecule has 3 nitrogen and oxygen atoms in total. The fourth-order valence-electron chi connectivity index (χ4n) is 2.67. The second-order valence-corrected chi connectivity index (χ2v) is 5.94. The lowest BCUT2D eigenvalue weighted by Gasteiger charge is -2.35. The maximum absolute atomic E-state index is 4.70. The first-order valence-corrected chi connectivity index (χ1v) is 7.93. The fraction of sp³-hybridized carbons (Fsp3) is 0.706. The summed E-state index contributed by atoms with van der Waals surface area (Å²) in [6, 6.07) is 5.12. The first-order chi connectivity index (χ1) is 9.54. The molecule has 0 bridgehead atoms. The van der Waals surface area contributed by atoms with Crippen LogP contribution in [0.15, 0.2) is 18.3 Å². The van der Waals surface area contributed by atoms with Gasteiger partial charge in [0.05, 0.1) is 0 Å². The quantitative estimate of drug-likeness (QED) is 0.778. The molecule has 1 unspecified atom stereocenters. The summed E-state index contributed by atoms with van der Waals surface area (Å²) in [5.41, 5.74) is 1.29. The van der Waals surface area contributed by atoms with Gasteiger partial charge in [-0.05, 0) is 38.8 Å². The van der Waals surface area contributed by atoms with Gasteiger partial charge >= 0.3 is 0 Å². The third kappa shape index (κ3) is 4.20. The van der Waals surface area contributed by atoms with Crippen molar-refractivity contribution >= 4 is 5.82 Å². The molecule has 0 aromatic carbocycles. The van der Waals surface area contributed by atoms with Crippen LogP contribution >= 0.6 is 0 Å². The van der Waals surface area contributed by atoms with Crippen molar-refractivity contribution in [2.45, 2.75) is 59.5 Å². The van der Waals surface area contributed by atoms with E-state index in [-0.39, 0.29) is 0 Å². The predicted molar refractivity (Wildman–Crippen MR) is 88.3 cm³/mol. The molecule has 1 rings (SSSR count). The monoisotopic (exact) mass is 277 g/mol. The molecule has 0 radical (unpaired) electrons. The lowest BCUT2D eigenvalue weighted by atomic mass is 10.0. The van der Waals surface area contributed by atoms with Gasteiger partial charge in [-0.1, -0.05) is 33.8 Å². The van der Waals surface area contributed by atoms with Crippen LogP contribution in [0.3, 0.4) is 0 Å². The fourth-order valence-corrected chi connectivity index (χ4v) is 2.67. The first-order valence-electron chi connectivity index (χ1n) is 7.93. The van der Waals surface area contributed by atoms with Crippen molar-refractivity contribution in [1.29, 1.82) is 0 Å². The molecule has 1 N–H and O–H groups in total. The number of hydrogen-bond acceptors (Lipinski definition) is 3.